The van der Waals surface area contributed by atoms with Gasteiger partial charge in [0, 0.05) is 18.0 Å². The molecular formula is C20H23ClN2O2. The molecular weight excluding hydrogens is 336 g/mol. The summed E-state index contributed by atoms with van der Waals surface area (Å²) in [5.74, 6) is -0.173. The first-order valence-electron chi connectivity index (χ1n) is 8.44. The highest BCUT2D eigenvalue weighted by atomic mass is 35.5. The van der Waals surface area contributed by atoms with Gasteiger partial charge in [-0.15, -0.1) is 0 Å². The average Bonchev–Trinajstić information content (AvgIpc) is 2.60. The van der Waals surface area contributed by atoms with Crippen LogP contribution in [0.5, 0.6) is 0 Å². The van der Waals surface area contributed by atoms with Crippen LogP contribution in [0, 0.1) is 0 Å². The van der Waals surface area contributed by atoms with E-state index in [1.54, 1.807) is 0 Å². The summed E-state index contributed by atoms with van der Waals surface area (Å²) in [6.45, 7) is 2.33. The molecule has 0 aliphatic heterocycles. The van der Waals surface area contributed by atoms with Gasteiger partial charge in [0.2, 0.25) is 11.8 Å². The van der Waals surface area contributed by atoms with Crippen LogP contribution in [0.15, 0.2) is 54.6 Å². The van der Waals surface area contributed by atoms with E-state index in [9.17, 15) is 9.59 Å². The smallest absolute Gasteiger partial charge is 0.224 e. The molecule has 2 N–H and O–H groups in total. The summed E-state index contributed by atoms with van der Waals surface area (Å²) in [5.41, 5.74) is 1.94. The van der Waals surface area contributed by atoms with Crippen LogP contribution in [0.4, 0.5) is 0 Å². The van der Waals surface area contributed by atoms with Crippen LogP contribution in [-0.2, 0) is 16.0 Å². The Labute approximate surface area is 153 Å². The number of amides is 2. The third kappa shape index (κ3) is 6.59. The summed E-state index contributed by atoms with van der Waals surface area (Å²) in [5, 5.41) is 6.42. The molecule has 0 heterocycles. The number of carbonyl (C=O) groups is 2. The molecule has 2 rings (SSSR count). The first kappa shape index (κ1) is 19.0. The number of nitrogens with one attached hydrogen (secondary N) is 2. The lowest BCUT2D eigenvalue weighted by Crippen LogP contribution is -2.33. The molecule has 5 heteroatoms. The molecule has 2 amide bonds. The van der Waals surface area contributed by atoms with Crippen molar-refractivity contribution in [3.63, 3.8) is 0 Å². The van der Waals surface area contributed by atoms with Gasteiger partial charge in [0.1, 0.15) is 0 Å². The van der Waals surface area contributed by atoms with Gasteiger partial charge in [-0.25, -0.2) is 0 Å². The van der Waals surface area contributed by atoms with E-state index in [1.165, 1.54) is 0 Å². The Morgan fingerprint density at radius 1 is 1.04 bits per heavy atom. The third-order valence-corrected chi connectivity index (χ3v) is 4.11. The van der Waals surface area contributed by atoms with Crippen molar-refractivity contribution in [3.8, 4) is 0 Å². The predicted molar refractivity (Wildman–Crippen MR) is 100 cm³/mol. The number of halogens is 1. The van der Waals surface area contributed by atoms with Crippen LogP contribution in [0.25, 0.3) is 0 Å². The van der Waals surface area contributed by atoms with Gasteiger partial charge < -0.3 is 10.6 Å². The lowest BCUT2D eigenvalue weighted by atomic mass is 10.0. The van der Waals surface area contributed by atoms with Gasteiger partial charge in [0.15, 0.2) is 0 Å². The molecule has 25 heavy (non-hydrogen) atoms. The fourth-order valence-corrected chi connectivity index (χ4v) is 2.77. The normalized spacial score (nSPS) is 11.6. The number of carbonyl (C=O) groups excluding carboxylic acids is 2. The Hall–Kier alpha value is -2.33. The van der Waals surface area contributed by atoms with E-state index in [-0.39, 0.29) is 24.3 Å². The van der Waals surface area contributed by atoms with Gasteiger partial charge in [0.25, 0.3) is 0 Å². The molecule has 4 nitrogen and oxygen atoms in total. The maximum absolute atomic E-state index is 12.1. The summed E-state index contributed by atoms with van der Waals surface area (Å²) >= 11 is 6.01. The lowest BCUT2D eigenvalue weighted by molar-refractivity contribution is -0.122. The number of hydrogen-bond acceptors (Lipinski definition) is 2. The maximum Gasteiger partial charge on any atom is 0.224 e. The zero-order chi connectivity index (χ0) is 18.1. The second kappa shape index (κ2) is 9.84. The molecule has 1 unspecified atom stereocenters. The van der Waals surface area contributed by atoms with Gasteiger partial charge in [-0.05, 0) is 29.7 Å². The fourth-order valence-electron chi connectivity index (χ4n) is 2.57. The Kier molecular flexibility index (Phi) is 7.48. The van der Waals surface area contributed by atoms with Crippen molar-refractivity contribution < 1.29 is 9.59 Å². The maximum atomic E-state index is 12.1. The van der Waals surface area contributed by atoms with E-state index >= 15 is 0 Å². The number of benzene rings is 2. The molecule has 1 atom stereocenters. The van der Waals surface area contributed by atoms with E-state index < -0.39 is 0 Å². The molecule has 0 fully saturated rings. The predicted octanol–water partition coefficient (Wildman–Crippen LogP) is 3.66. The average molecular weight is 359 g/mol. The third-order valence-electron chi connectivity index (χ3n) is 3.88. The Morgan fingerprint density at radius 2 is 1.80 bits per heavy atom. The molecule has 0 bridgehead atoms. The fraction of sp³-hybridized carbons (Fsp3) is 0.300. The van der Waals surface area contributed by atoms with Crippen molar-refractivity contribution in [2.24, 2.45) is 0 Å². The van der Waals surface area contributed by atoms with E-state index in [4.69, 9.17) is 11.6 Å². The SMILES string of the molecule is CCC(NC(=O)CCNC(=O)Cc1ccccc1)c1cccc(Cl)c1. The molecule has 0 saturated heterocycles. The first-order valence-corrected chi connectivity index (χ1v) is 8.81. The van der Waals surface area contributed by atoms with Gasteiger partial charge in [-0.3, -0.25) is 9.59 Å². The van der Waals surface area contributed by atoms with Crippen molar-refractivity contribution in [1.82, 2.24) is 10.6 Å². The van der Waals surface area contributed by atoms with E-state index in [1.807, 2.05) is 61.5 Å². The van der Waals surface area contributed by atoms with Crippen LogP contribution in [-0.4, -0.2) is 18.4 Å². The largest absolute Gasteiger partial charge is 0.355 e. The molecule has 0 radical (unpaired) electrons. The minimum atomic E-state index is -0.0909. The lowest BCUT2D eigenvalue weighted by Gasteiger charge is -2.18. The molecule has 132 valence electrons. The quantitative estimate of drug-likeness (QED) is 0.756. The van der Waals surface area contributed by atoms with Gasteiger partial charge >= 0.3 is 0 Å². The van der Waals surface area contributed by atoms with Gasteiger partial charge in [0.05, 0.1) is 12.5 Å². The molecule has 0 aromatic heterocycles. The van der Waals surface area contributed by atoms with Crippen molar-refractivity contribution in [1.29, 1.82) is 0 Å². The van der Waals surface area contributed by atoms with E-state index in [0.29, 0.717) is 18.0 Å². The monoisotopic (exact) mass is 358 g/mol. The highest BCUT2D eigenvalue weighted by Crippen LogP contribution is 2.20. The second-order valence-corrected chi connectivity index (χ2v) is 6.28. The number of rotatable bonds is 8. The minimum absolute atomic E-state index is 0.0776. The molecule has 0 aliphatic rings. The van der Waals surface area contributed by atoms with E-state index in [2.05, 4.69) is 10.6 Å². The molecule has 0 spiro atoms. The van der Waals surface area contributed by atoms with Crippen molar-refractivity contribution in [2.45, 2.75) is 32.2 Å². The van der Waals surface area contributed by atoms with Crippen molar-refractivity contribution in [3.05, 3.63) is 70.7 Å². The Morgan fingerprint density at radius 3 is 2.48 bits per heavy atom. The minimum Gasteiger partial charge on any atom is -0.355 e. The van der Waals surface area contributed by atoms with Crippen LogP contribution >= 0.6 is 11.6 Å². The van der Waals surface area contributed by atoms with Crippen LogP contribution < -0.4 is 10.6 Å². The number of hydrogen-bond donors (Lipinski definition) is 2. The van der Waals surface area contributed by atoms with Crippen molar-refractivity contribution in [2.75, 3.05) is 6.54 Å². The van der Waals surface area contributed by atoms with E-state index in [0.717, 1.165) is 17.5 Å². The molecule has 2 aromatic rings. The van der Waals surface area contributed by atoms with Crippen molar-refractivity contribution >= 4 is 23.4 Å². The topological polar surface area (TPSA) is 58.2 Å². The Bertz CT molecular complexity index is 704. The van der Waals surface area contributed by atoms with Crippen LogP contribution in [0.3, 0.4) is 0 Å². The summed E-state index contributed by atoms with van der Waals surface area (Å²) in [7, 11) is 0. The van der Waals surface area contributed by atoms with Crippen LogP contribution in [0.2, 0.25) is 5.02 Å². The summed E-state index contributed by atoms with van der Waals surface area (Å²) in [6.07, 6.45) is 1.34. The standard InChI is InChI=1S/C20H23ClN2O2/c1-2-18(16-9-6-10-17(21)14-16)23-19(24)11-12-22-20(25)13-15-7-4-3-5-8-15/h3-10,14,18H,2,11-13H2,1H3,(H,22,25)(H,23,24). The molecule has 2 aromatic carbocycles. The second-order valence-electron chi connectivity index (χ2n) is 5.85. The highest BCUT2D eigenvalue weighted by molar-refractivity contribution is 6.30. The summed E-state index contributed by atoms with van der Waals surface area (Å²) < 4.78 is 0. The zero-order valence-electron chi connectivity index (χ0n) is 14.3. The zero-order valence-corrected chi connectivity index (χ0v) is 15.1. The van der Waals surface area contributed by atoms with Gasteiger partial charge in [-0.2, -0.15) is 0 Å². The Balaban J connectivity index is 1.75. The first-order chi connectivity index (χ1) is 12.1. The summed E-state index contributed by atoms with van der Waals surface area (Å²) in [4.78, 5) is 24.0. The summed E-state index contributed by atoms with van der Waals surface area (Å²) in [6, 6.07) is 16.9. The molecule has 0 saturated carbocycles. The highest BCUT2D eigenvalue weighted by Gasteiger charge is 2.13. The van der Waals surface area contributed by atoms with Gasteiger partial charge in [-0.1, -0.05) is 61.0 Å². The molecule has 0 aliphatic carbocycles. The van der Waals surface area contributed by atoms with Crippen LogP contribution in [0.1, 0.15) is 36.9 Å².